The lowest BCUT2D eigenvalue weighted by molar-refractivity contribution is -0.149. The van der Waals surface area contributed by atoms with E-state index in [0.29, 0.717) is 32.2 Å². The third-order valence-electron chi connectivity index (χ3n) is 9.79. The molecule has 4 atom stereocenters. The number of hydrogen-bond donors (Lipinski definition) is 4. The normalized spacial score (nSPS) is 24.2. The standard InChI is InChI=1S/C32H49F2N5O6/c1-31(2,3)30(45)38-23(18-12-14-32(33,34)15-13-18)29(44)39(4)24(19-7-5-8-19)27(42)37-22(17-20-9-6-16-35-26(20)41)25(40)28(43)36-21-10-11-21/h18-24H,5-17H2,1-4H3,(H,35,41)(H,36,43)(H,37,42)(H,38,45)/t20-,22-,23+,24-/m0/s1. The Balaban J connectivity index is 1.56. The van der Waals surface area contributed by atoms with Gasteiger partial charge in [-0.15, -0.1) is 0 Å². The molecule has 0 aromatic heterocycles. The smallest absolute Gasteiger partial charge is 0.289 e. The highest BCUT2D eigenvalue weighted by molar-refractivity contribution is 6.38. The fraction of sp³-hybridized carbons (Fsp3) is 0.812. The molecule has 1 heterocycles. The lowest BCUT2D eigenvalue weighted by Crippen LogP contribution is -2.62. The van der Waals surface area contributed by atoms with Crippen molar-refractivity contribution >= 4 is 35.3 Å². The molecule has 45 heavy (non-hydrogen) atoms. The summed E-state index contributed by atoms with van der Waals surface area (Å²) in [5.41, 5.74) is -0.847. The predicted molar refractivity (Wildman–Crippen MR) is 161 cm³/mol. The fourth-order valence-corrected chi connectivity index (χ4v) is 6.43. The first-order chi connectivity index (χ1) is 21.1. The molecule has 0 spiro atoms. The van der Waals surface area contributed by atoms with Crippen LogP contribution in [0.15, 0.2) is 0 Å². The largest absolute Gasteiger partial charge is 0.356 e. The van der Waals surface area contributed by atoms with Crippen LogP contribution in [0.4, 0.5) is 8.78 Å². The molecule has 13 heteroatoms. The Kier molecular flexibility index (Phi) is 10.9. The molecular formula is C32H49F2N5O6. The van der Waals surface area contributed by atoms with Crippen molar-refractivity contribution in [2.45, 2.75) is 128 Å². The molecule has 4 N–H and O–H groups in total. The highest BCUT2D eigenvalue weighted by Gasteiger charge is 2.46. The number of carbonyl (C=O) groups excluding carboxylic acids is 6. The van der Waals surface area contributed by atoms with Gasteiger partial charge in [-0.05, 0) is 69.6 Å². The zero-order valence-electron chi connectivity index (χ0n) is 26.9. The molecule has 4 rings (SSSR count). The topological polar surface area (TPSA) is 154 Å². The number of rotatable bonds is 12. The van der Waals surface area contributed by atoms with Crippen molar-refractivity contribution in [1.29, 1.82) is 0 Å². The number of carbonyl (C=O) groups is 6. The average molecular weight is 638 g/mol. The summed E-state index contributed by atoms with van der Waals surface area (Å²) >= 11 is 0. The van der Waals surface area contributed by atoms with Gasteiger partial charge in [-0.25, -0.2) is 8.78 Å². The molecule has 3 saturated carbocycles. The molecular weight excluding hydrogens is 588 g/mol. The predicted octanol–water partition coefficient (Wildman–Crippen LogP) is 2.22. The van der Waals surface area contributed by atoms with Crippen molar-refractivity contribution in [2.24, 2.45) is 23.2 Å². The lowest BCUT2D eigenvalue weighted by atomic mass is 9.77. The third-order valence-corrected chi connectivity index (χ3v) is 9.79. The molecule has 0 aromatic carbocycles. The van der Waals surface area contributed by atoms with Crippen LogP contribution in [0.5, 0.6) is 0 Å². The number of likely N-dealkylation sites (N-methyl/N-ethyl adjacent to an activating group) is 1. The SMILES string of the molecule is CN(C(=O)[C@H](NC(=O)C(C)(C)C)C1CCC(F)(F)CC1)[C@H](C(=O)N[C@@H](C[C@@H]1CCCNC1=O)C(=O)C(=O)NC1CC1)C1CCC1. The van der Waals surface area contributed by atoms with Crippen molar-refractivity contribution in [3.05, 3.63) is 0 Å². The summed E-state index contributed by atoms with van der Waals surface area (Å²) in [6.07, 6.45) is 4.12. The fourth-order valence-electron chi connectivity index (χ4n) is 6.43. The number of alkyl halides is 2. The number of nitrogens with one attached hydrogen (secondary N) is 4. The number of amides is 5. The molecule has 5 amide bonds. The first-order valence-corrected chi connectivity index (χ1v) is 16.5. The summed E-state index contributed by atoms with van der Waals surface area (Å²) < 4.78 is 28.1. The van der Waals surface area contributed by atoms with E-state index in [2.05, 4.69) is 21.3 Å². The van der Waals surface area contributed by atoms with Gasteiger partial charge in [0.2, 0.25) is 35.3 Å². The summed E-state index contributed by atoms with van der Waals surface area (Å²) in [5, 5.41) is 11.0. The zero-order valence-corrected chi connectivity index (χ0v) is 26.9. The van der Waals surface area contributed by atoms with Gasteiger partial charge in [0.1, 0.15) is 12.1 Å². The first kappa shape index (κ1) is 34.7. The van der Waals surface area contributed by atoms with Crippen LogP contribution in [0, 0.1) is 23.2 Å². The number of piperidine rings is 1. The van der Waals surface area contributed by atoms with Crippen LogP contribution in [0.25, 0.3) is 0 Å². The van der Waals surface area contributed by atoms with E-state index in [1.165, 1.54) is 11.9 Å². The quantitative estimate of drug-likeness (QED) is 0.241. The summed E-state index contributed by atoms with van der Waals surface area (Å²) in [5.74, 6) is -7.66. The maximum Gasteiger partial charge on any atom is 0.289 e. The van der Waals surface area contributed by atoms with Crippen LogP contribution >= 0.6 is 0 Å². The minimum Gasteiger partial charge on any atom is -0.356 e. The number of nitrogens with zero attached hydrogens (tertiary/aromatic N) is 1. The molecule has 11 nitrogen and oxygen atoms in total. The van der Waals surface area contributed by atoms with E-state index in [1.54, 1.807) is 20.8 Å². The minimum absolute atomic E-state index is 0.0398. The Hall–Kier alpha value is -3.12. The molecule has 1 aliphatic heterocycles. The Morgan fingerprint density at radius 2 is 1.58 bits per heavy atom. The molecule has 1 saturated heterocycles. The Morgan fingerprint density at radius 1 is 0.933 bits per heavy atom. The number of ketones is 1. The van der Waals surface area contributed by atoms with E-state index in [1.807, 2.05) is 0 Å². The van der Waals surface area contributed by atoms with Gasteiger partial charge in [0.15, 0.2) is 0 Å². The van der Waals surface area contributed by atoms with Crippen LogP contribution in [0.3, 0.4) is 0 Å². The van der Waals surface area contributed by atoms with Crippen molar-refractivity contribution in [3.8, 4) is 0 Å². The van der Waals surface area contributed by atoms with Crippen LogP contribution in [0.1, 0.15) is 97.8 Å². The lowest BCUT2D eigenvalue weighted by Gasteiger charge is -2.42. The van der Waals surface area contributed by atoms with Gasteiger partial charge in [0.05, 0.1) is 6.04 Å². The van der Waals surface area contributed by atoms with Crippen LogP contribution < -0.4 is 21.3 Å². The zero-order chi connectivity index (χ0) is 33.1. The van der Waals surface area contributed by atoms with Gasteiger partial charge in [-0.2, -0.15) is 0 Å². The van der Waals surface area contributed by atoms with E-state index >= 15 is 0 Å². The summed E-state index contributed by atoms with van der Waals surface area (Å²) in [6, 6.07) is -3.48. The van der Waals surface area contributed by atoms with Crippen LogP contribution in [-0.4, -0.2) is 83.9 Å². The number of halogens is 2. The Morgan fingerprint density at radius 3 is 2.11 bits per heavy atom. The van der Waals surface area contributed by atoms with Gasteiger partial charge >= 0.3 is 0 Å². The summed E-state index contributed by atoms with van der Waals surface area (Å²) in [7, 11) is 1.46. The van der Waals surface area contributed by atoms with Crippen molar-refractivity contribution < 1.29 is 37.5 Å². The second-order valence-corrected chi connectivity index (χ2v) is 14.5. The molecule has 0 bridgehead atoms. The van der Waals surface area contributed by atoms with Crippen molar-refractivity contribution in [2.75, 3.05) is 13.6 Å². The third kappa shape index (κ3) is 9.00. The second-order valence-electron chi connectivity index (χ2n) is 14.5. The van der Waals surface area contributed by atoms with Crippen molar-refractivity contribution in [3.63, 3.8) is 0 Å². The molecule has 3 aliphatic carbocycles. The maximum absolute atomic E-state index is 14.1. The number of hydrogen-bond acceptors (Lipinski definition) is 6. The summed E-state index contributed by atoms with van der Waals surface area (Å²) in [4.78, 5) is 81.1. The number of Topliss-reactive ketones (excluding diaryl/α,β-unsaturated/α-hetero) is 1. The first-order valence-electron chi connectivity index (χ1n) is 16.5. The van der Waals surface area contributed by atoms with Gasteiger partial charge < -0.3 is 26.2 Å². The van der Waals surface area contributed by atoms with E-state index in [9.17, 15) is 37.5 Å². The van der Waals surface area contributed by atoms with Gasteiger partial charge in [0.25, 0.3) is 5.91 Å². The van der Waals surface area contributed by atoms with Gasteiger partial charge in [-0.3, -0.25) is 28.8 Å². The maximum atomic E-state index is 14.1. The van der Waals surface area contributed by atoms with Crippen LogP contribution in [-0.2, 0) is 28.8 Å². The molecule has 4 fully saturated rings. The molecule has 0 radical (unpaired) electrons. The average Bonchev–Trinajstić information content (AvgIpc) is 3.76. The minimum atomic E-state index is -2.83. The van der Waals surface area contributed by atoms with Gasteiger partial charge in [-0.1, -0.05) is 27.2 Å². The van der Waals surface area contributed by atoms with Gasteiger partial charge in [0, 0.05) is 43.8 Å². The Bertz CT molecular complexity index is 1160. The highest BCUT2D eigenvalue weighted by Crippen LogP contribution is 2.39. The van der Waals surface area contributed by atoms with Crippen LogP contribution in [0.2, 0.25) is 0 Å². The second kappa shape index (κ2) is 14.1. The van der Waals surface area contributed by atoms with E-state index in [0.717, 1.165) is 19.3 Å². The molecule has 252 valence electrons. The highest BCUT2D eigenvalue weighted by atomic mass is 19.3. The molecule has 4 aliphatic rings. The van der Waals surface area contributed by atoms with E-state index in [4.69, 9.17) is 0 Å². The monoisotopic (exact) mass is 637 g/mol. The molecule has 0 unspecified atom stereocenters. The molecule has 0 aromatic rings. The van der Waals surface area contributed by atoms with E-state index < -0.39 is 83.6 Å². The van der Waals surface area contributed by atoms with E-state index in [-0.39, 0.29) is 37.1 Å². The summed E-state index contributed by atoms with van der Waals surface area (Å²) in [6.45, 7) is 5.59. The van der Waals surface area contributed by atoms with Crippen molar-refractivity contribution in [1.82, 2.24) is 26.2 Å². The Labute approximate surface area is 263 Å².